The summed E-state index contributed by atoms with van der Waals surface area (Å²) in [7, 11) is 1.52. The van der Waals surface area contributed by atoms with Crippen LogP contribution >= 0.6 is 0 Å². The number of rotatable bonds is 2. The van der Waals surface area contributed by atoms with Crippen LogP contribution in [0.4, 0.5) is 0 Å². The minimum atomic E-state index is 0.218. The average Bonchev–Trinajstić information content (AvgIpc) is 1.69. The fraction of sp³-hybridized carbons (Fsp3) is 0.500. The molecule has 0 rings (SSSR count). The monoisotopic (exact) mass is 115 g/mol. The van der Waals surface area contributed by atoms with Gasteiger partial charge in [0, 0.05) is 0 Å². The lowest BCUT2D eigenvalue weighted by Crippen LogP contribution is -1.97. The quantitative estimate of drug-likeness (QED) is 0.301. The Hall–Kier alpha value is -0.790. The van der Waals surface area contributed by atoms with Crippen LogP contribution in [0, 0.1) is 0 Å². The van der Waals surface area contributed by atoms with Gasteiger partial charge in [0.05, 0.1) is 14.0 Å². The summed E-state index contributed by atoms with van der Waals surface area (Å²) in [4.78, 5) is 8.74. The van der Waals surface area contributed by atoms with Crippen molar-refractivity contribution in [3.05, 3.63) is 11.8 Å². The van der Waals surface area contributed by atoms with Gasteiger partial charge in [-0.15, -0.1) is 0 Å². The van der Waals surface area contributed by atoms with Gasteiger partial charge in [0.15, 0.2) is 0 Å². The molecule has 46 valence electrons. The smallest absolute Gasteiger partial charge is 0.354 e. The molecule has 0 unspecified atom stereocenters. The fourth-order valence-corrected chi connectivity index (χ4v) is 0.474. The lowest BCUT2D eigenvalue weighted by Gasteiger charge is -1.92. The summed E-state index contributed by atoms with van der Waals surface area (Å²) >= 11 is 0. The van der Waals surface area contributed by atoms with Crippen molar-refractivity contribution in [3.8, 4) is 0 Å². The van der Waals surface area contributed by atoms with Crippen molar-refractivity contribution in [2.45, 2.75) is 13.8 Å². The molecule has 1 N–H and O–H groups in total. The van der Waals surface area contributed by atoms with Gasteiger partial charge in [-0.3, -0.25) is 4.79 Å². The Balaban J connectivity index is 3.92. The third-order valence-corrected chi connectivity index (χ3v) is 0.839. The van der Waals surface area contributed by atoms with Gasteiger partial charge < -0.3 is 4.74 Å². The molecule has 0 aliphatic rings. The molecule has 0 aromatic carbocycles. The van der Waals surface area contributed by atoms with E-state index in [1.165, 1.54) is 7.11 Å². The van der Waals surface area contributed by atoms with E-state index in [4.69, 9.17) is 9.53 Å². The van der Waals surface area contributed by atoms with E-state index < -0.39 is 0 Å². The number of carbonyl (C=O) groups excluding carboxylic acids is 1. The Morgan fingerprint density at radius 3 is 2.12 bits per heavy atom. The standard InChI is InChI=1S/C6H10O2/c1-4-6(8-3)5(2)7/h4H,1-3H3/p+1/b6-4-. The van der Waals surface area contributed by atoms with Crippen molar-refractivity contribution in [1.29, 1.82) is 0 Å². The highest BCUT2D eigenvalue weighted by Crippen LogP contribution is 1.93. The molecule has 0 heterocycles. The second kappa shape index (κ2) is 3.24. The Morgan fingerprint density at radius 1 is 1.62 bits per heavy atom. The highest BCUT2D eigenvalue weighted by atomic mass is 16.5. The summed E-state index contributed by atoms with van der Waals surface area (Å²) in [5.41, 5.74) is 0. The van der Waals surface area contributed by atoms with E-state index in [0.29, 0.717) is 5.76 Å². The van der Waals surface area contributed by atoms with Gasteiger partial charge >= 0.3 is 5.78 Å². The molecule has 0 saturated heterocycles. The Bertz CT molecular complexity index is 114. The molecule has 0 spiro atoms. The number of allylic oxidation sites excluding steroid dienone is 2. The van der Waals surface area contributed by atoms with Crippen LogP contribution in [0.1, 0.15) is 13.8 Å². The van der Waals surface area contributed by atoms with Gasteiger partial charge in [-0.25, -0.2) is 0 Å². The molecule has 0 aliphatic carbocycles. The van der Waals surface area contributed by atoms with Crippen LogP contribution in [0.5, 0.6) is 0 Å². The molecule has 8 heavy (non-hydrogen) atoms. The van der Waals surface area contributed by atoms with Crippen LogP contribution in [0.15, 0.2) is 11.8 Å². The van der Waals surface area contributed by atoms with E-state index >= 15 is 0 Å². The second-order valence-electron chi connectivity index (χ2n) is 1.44. The maximum absolute atomic E-state index is 8.74. The van der Waals surface area contributed by atoms with Crippen molar-refractivity contribution in [1.82, 2.24) is 0 Å². The van der Waals surface area contributed by atoms with Crippen LogP contribution < -0.4 is 0 Å². The molecule has 0 fully saturated rings. The first kappa shape index (κ1) is 7.21. The number of methoxy groups -OCH3 is 1. The number of ketones is 1. The predicted molar refractivity (Wildman–Crippen MR) is 33.4 cm³/mol. The van der Waals surface area contributed by atoms with E-state index in [0.717, 1.165) is 0 Å². The molecule has 0 aromatic heterocycles. The van der Waals surface area contributed by atoms with Crippen molar-refractivity contribution in [2.24, 2.45) is 0 Å². The summed E-state index contributed by atoms with van der Waals surface area (Å²) in [5.74, 6) is 0.750. The minimum absolute atomic E-state index is 0.218. The van der Waals surface area contributed by atoms with Gasteiger partial charge in [-0.1, -0.05) is 0 Å². The molecule has 0 aliphatic heterocycles. The van der Waals surface area contributed by atoms with E-state index in [1.807, 2.05) is 0 Å². The van der Waals surface area contributed by atoms with E-state index in [-0.39, 0.29) is 5.78 Å². The third kappa shape index (κ3) is 1.78. The normalized spacial score (nSPS) is 11.1. The summed E-state index contributed by atoms with van der Waals surface area (Å²) in [6.07, 6.45) is 1.70. The first-order valence-corrected chi connectivity index (χ1v) is 2.45. The van der Waals surface area contributed by atoms with Crippen LogP contribution in [-0.2, 0) is 4.74 Å². The van der Waals surface area contributed by atoms with Gasteiger partial charge in [0.1, 0.15) is 0 Å². The topological polar surface area (TPSA) is 30.6 Å². The van der Waals surface area contributed by atoms with Crippen LogP contribution in [0.25, 0.3) is 0 Å². The molecule has 0 saturated carbocycles. The maximum atomic E-state index is 8.74. The maximum Gasteiger partial charge on any atom is 0.354 e. The first-order chi connectivity index (χ1) is 3.72. The summed E-state index contributed by atoms with van der Waals surface area (Å²) in [6.45, 7) is 3.39. The van der Waals surface area contributed by atoms with E-state index in [2.05, 4.69) is 0 Å². The summed E-state index contributed by atoms with van der Waals surface area (Å²) in [6, 6.07) is 0. The summed E-state index contributed by atoms with van der Waals surface area (Å²) in [5, 5.41) is 0. The lowest BCUT2D eigenvalue weighted by molar-refractivity contribution is 0.308. The van der Waals surface area contributed by atoms with Crippen LogP contribution in [-0.4, -0.2) is 17.7 Å². The zero-order chi connectivity index (χ0) is 6.57. The molecule has 2 heteroatoms. The fourth-order valence-electron chi connectivity index (χ4n) is 0.474. The van der Waals surface area contributed by atoms with Crippen molar-refractivity contribution < 1.29 is 9.53 Å². The first-order valence-electron chi connectivity index (χ1n) is 2.45. The predicted octanol–water partition coefficient (Wildman–Crippen LogP) is 1.10. The van der Waals surface area contributed by atoms with Crippen LogP contribution in [0.2, 0.25) is 0 Å². The molecule has 0 aromatic rings. The molecule has 0 amide bonds. The van der Waals surface area contributed by atoms with Gasteiger partial charge in [0.25, 0.3) is 0 Å². The molecular weight excluding hydrogens is 104 g/mol. The van der Waals surface area contributed by atoms with Crippen molar-refractivity contribution >= 4 is 5.78 Å². The molecule has 2 nitrogen and oxygen atoms in total. The van der Waals surface area contributed by atoms with Crippen molar-refractivity contribution in [2.75, 3.05) is 7.11 Å². The van der Waals surface area contributed by atoms with E-state index in [9.17, 15) is 0 Å². The van der Waals surface area contributed by atoms with Gasteiger partial charge in [-0.2, -0.15) is 0 Å². The number of ether oxygens (including phenoxy) is 1. The average molecular weight is 115 g/mol. The molecule has 0 radical (unpaired) electrons. The SMILES string of the molecule is C/C=C(\OC)C(C)=[OH+]. The highest BCUT2D eigenvalue weighted by Gasteiger charge is 2.05. The Morgan fingerprint density at radius 2 is 2.12 bits per heavy atom. The molecular formula is C6H11O2+. The minimum Gasteiger partial charge on any atom is -0.489 e. The molecule has 0 atom stereocenters. The highest BCUT2D eigenvalue weighted by molar-refractivity contribution is 5.91. The third-order valence-electron chi connectivity index (χ3n) is 0.839. The number of hydrogen-bond acceptors (Lipinski definition) is 1. The van der Waals surface area contributed by atoms with Gasteiger partial charge in [-0.05, 0) is 13.0 Å². The van der Waals surface area contributed by atoms with Gasteiger partial charge in [0.2, 0.25) is 5.76 Å². The van der Waals surface area contributed by atoms with Crippen LogP contribution in [0.3, 0.4) is 0 Å². The second-order valence-corrected chi connectivity index (χ2v) is 1.44. The number of hydrogen-bond donors (Lipinski definition) is 0. The summed E-state index contributed by atoms with van der Waals surface area (Å²) < 4.78 is 4.73. The van der Waals surface area contributed by atoms with Crippen molar-refractivity contribution in [3.63, 3.8) is 0 Å². The largest absolute Gasteiger partial charge is 0.489 e. The van der Waals surface area contributed by atoms with E-state index in [1.54, 1.807) is 19.9 Å². The Kier molecular flexibility index (Phi) is 2.92. The zero-order valence-corrected chi connectivity index (χ0v) is 5.43. The zero-order valence-electron chi connectivity index (χ0n) is 5.43. The molecule has 0 bridgehead atoms. The lowest BCUT2D eigenvalue weighted by atomic mass is 10.3. The Labute approximate surface area is 49.1 Å².